The van der Waals surface area contributed by atoms with Crippen molar-refractivity contribution in [1.82, 2.24) is 10.6 Å². The van der Waals surface area contributed by atoms with Crippen molar-refractivity contribution in [3.05, 3.63) is 35.9 Å². The molecule has 1 aromatic rings. The molecule has 158 valence electrons. The van der Waals surface area contributed by atoms with Gasteiger partial charge in [0.25, 0.3) is 0 Å². The van der Waals surface area contributed by atoms with E-state index in [0.29, 0.717) is 5.56 Å². The van der Waals surface area contributed by atoms with Gasteiger partial charge in [0.1, 0.15) is 12.1 Å². The molecule has 0 aliphatic carbocycles. The molecule has 0 unspecified atom stereocenters. The predicted octanol–water partition coefficient (Wildman–Crippen LogP) is -2.25. The predicted molar refractivity (Wildman–Crippen MR) is 102 cm³/mol. The Morgan fingerprint density at radius 1 is 0.897 bits per heavy atom. The van der Waals surface area contributed by atoms with Gasteiger partial charge in [-0.2, -0.15) is 0 Å². The summed E-state index contributed by atoms with van der Waals surface area (Å²) in [6, 6.07) is 4.88. The Hall–Kier alpha value is -3.47. The van der Waals surface area contributed by atoms with E-state index in [0.717, 1.165) is 0 Å². The van der Waals surface area contributed by atoms with Crippen molar-refractivity contribution < 1.29 is 29.1 Å². The zero-order chi connectivity index (χ0) is 22.0. The second-order valence-electron chi connectivity index (χ2n) is 6.43. The van der Waals surface area contributed by atoms with Crippen LogP contribution in [0.5, 0.6) is 0 Å². The maximum Gasteiger partial charge on any atom is 0.326 e. The number of carbonyl (C=O) groups excluding carboxylic acids is 4. The zero-order valence-electron chi connectivity index (χ0n) is 15.7. The molecule has 4 amide bonds. The number of nitrogens with two attached hydrogens (primary N) is 3. The van der Waals surface area contributed by atoms with E-state index >= 15 is 0 Å². The Balaban J connectivity index is 2.94. The molecular formula is C18H25N5O6. The molecule has 0 radical (unpaired) electrons. The number of amides is 4. The van der Waals surface area contributed by atoms with Gasteiger partial charge in [0, 0.05) is 12.8 Å². The van der Waals surface area contributed by atoms with Crippen LogP contribution in [0.3, 0.4) is 0 Å². The van der Waals surface area contributed by atoms with Crippen molar-refractivity contribution in [1.29, 1.82) is 0 Å². The highest BCUT2D eigenvalue weighted by Crippen LogP contribution is 2.06. The third kappa shape index (κ3) is 8.84. The molecule has 3 atom stereocenters. The second-order valence-corrected chi connectivity index (χ2v) is 6.43. The third-order valence-corrected chi connectivity index (χ3v) is 3.97. The van der Waals surface area contributed by atoms with Gasteiger partial charge in [-0.1, -0.05) is 30.3 Å². The summed E-state index contributed by atoms with van der Waals surface area (Å²) in [5.74, 6) is -4.42. The number of rotatable bonds is 12. The van der Waals surface area contributed by atoms with Crippen molar-refractivity contribution in [2.45, 2.75) is 43.8 Å². The van der Waals surface area contributed by atoms with Crippen LogP contribution in [0, 0.1) is 0 Å². The number of carboxylic acid groups (broad SMARTS) is 1. The Morgan fingerprint density at radius 3 is 2.00 bits per heavy atom. The fourth-order valence-electron chi connectivity index (χ4n) is 2.46. The molecule has 0 saturated heterocycles. The Morgan fingerprint density at radius 2 is 1.48 bits per heavy atom. The van der Waals surface area contributed by atoms with Crippen molar-refractivity contribution in [3.8, 4) is 0 Å². The number of aliphatic carboxylic acids is 1. The fraction of sp³-hybridized carbons (Fsp3) is 0.389. The summed E-state index contributed by atoms with van der Waals surface area (Å²) in [5.41, 5.74) is 16.3. The molecule has 9 N–H and O–H groups in total. The summed E-state index contributed by atoms with van der Waals surface area (Å²) in [7, 11) is 0. The summed E-state index contributed by atoms with van der Waals surface area (Å²) < 4.78 is 0. The van der Waals surface area contributed by atoms with Crippen LogP contribution in [0.25, 0.3) is 0 Å². The van der Waals surface area contributed by atoms with Crippen molar-refractivity contribution in [2.24, 2.45) is 17.2 Å². The quantitative estimate of drug-likeness (QED) is 0.224. The van der Waals surface area contributed by atoms with Crippen LogP contribution < -0.4 is 27.8 Å². The smallest absolute Gasteiger partial charge is 0.326 e. The standard InChI is InChI=1S/C18H25N5O6/c19-11(9-15(21)25)16(26)23-13(8-10-4-2-1-3-5-10)17(27)22-12(18(28)29)6-7-14(20)24/h1-5,11-13H,6-9,19H2,(H2,20,24)(H2,21,25)(H,22,27)(H,23,26)(H,28,29)/t11-,12-,13-/m0/s1. The molecule has 0 aliphatic heterocycles. The Labute approximate surface area is 167 Å². The van der Waals surface area contributed by atoms with Crippen LogP contribution in [0.15, 0.2) is 30.3 Å². The van der Waals surface area contributed by atoms with Gasteiger partial charge < -0.3 is 32.9 Å². The van der Waals surface area contributed by atoms with Gasteiger partial charge in [-0.05, 0) is 12.0 Å². The topological polar surface area (TPSA) is 208 Å². The van der Waals surface area contributed by atoms with Crippen LogP contribution >= 0.6 is 0 Å². The number of hydrogen-bond donors (Lipinski definition) is 6. The van der Waals surface area contributed by atoms with E-state index in [1.165, 1.54) is 0 Å². The molecule has 0 aromatic heterocycles. The van der Waals surface area contributed by atoms with Gasteiger partial charge in [-0.15, -0.1) is 0 Å². The number of carboxylic acids is 1. The largest absolute Gasteiger partial charge is 0.480 e. The summed E-state index contributed by atoms with van der Waals surface area (Å²) >= 11 is 0. The number of carbonyl (C=O) groups is 5. The molecule has 0 spiro atoms. The number of nitrogens with one attached hydrogen (secondary N) is 2. The minimum Gasteiger partial charge on any atom is -0.480 e. The molecule has 11 heteroatoms. The highest BCUT2D eigenvalue weighted by atomic mass is 16.4. The first-order valence-corrected chi connectivity index (χ1v) is 8.79. The van der Waals surface area contributed by atoms with Gasteiger partial charge in [0.15, 0.2) is 0 Å². The Kier molecular flexibility index (Phi) is 9.26. The summed E-state index contributed by atoms with van der Waals surface area (Å²) in [4.78, 5) is 58.1. The molecule has 1 aromatic carbocycles. The first-order chi connectivity index (χ1) is 13.6. The van der Waals surface area contributed by atoms with E-state index < -0.39 is 54.1 Å². The van der Waals surface area contributed by atoms with Gasteiger partial charge in [0.05, 0.1) is 12.5 Å². The van der Waals surface area contributed by atoms with Crippen molar-refractivity contribution in [2.75, 3.05) is 0 Å². The number of benzene rings is 1. The van der Waals surface area contributed by atoms with E-state index in [9.17, 15) is 29.1 Å². The molecule has 1 rings (SSSR count). The second kappa shape index (κ2) is 11.4. The van der Waals surface area contributed by atoms with Crippen molar-refractivity contribution >= 4 is 29.6 Å². The molecule has 0 bridgehead atoms. The first-order valence-electron chi connectivity index (χ1n) is 8.79. The third-order valence-electron chi connectivity index (χ3n) is 3.97. The van der Waals surface area contributed by atoms with Crippen LogP contribution in [-0.4, -0.2) is 52.8 Å². The lowest BCUT2D eigenvalue weighted by Crippen LogP contribution is -2.55. The summed E-state index contributed by atoms with van der Waals surface area (Å²) in [6.45, 7) is 0. The minimum absolute atomic E-state index is 0.0455. The Bertz CT molecular complexity index is 754. The molecule has 0 heterocycles. The van der Waals surface area contributed by atoms with E-state index in [1.807, 2.05) is 0 Å². The van der Waals surface area contributed by atoms with E-state index in [1.54, 1.807) is 30.3 Å². The average Bonchev–Trinajstić information content (AvgIpc) is 2.64. The van der Waals surface area contributed by atoms with E-state index in [4.69, 9.17) is 17.2 Å². The first kappa shape index (κ1) is 23.6. The maximum atomic E-state index is 12.6. The van der Waals surface area contributed by atoms with Crippen molar-refractivity contribution in [3.63, 3.8) is 0 Å². The fourth-order valence-corrected chi connectivity index (χ4v) is 2.46. The van der Waals surface area contributed by atoms with Crippen LogP contribution in [0.1, 0.15) is 24.8 Å². The lowest BCUT2D eigenvalue weighted by molar-refractivity contribution is -0.142. The maximum absolute atomic E-state index is 12.6. The number of primary amides is 2. The van der Waals surface area contributed by atoms with E-state index in [2.05, 4.69) is 10.6 Å². The van der Waals surface area contributed by atoms with Crippen LogP contribution in [0.4, 0.5) is 0 Å². The molecule has 0 saturated carbocycles. The SMILES string of the molecule is NC(=O)CC[C@H](NC(=O)[C@H](Cc1ccccc1)NC(=O)[C@@H](N)CC(N)=O)C(=O)O. The number of hydrogen-bond acceptors (Lipinski definition) is 6. The van der Waals surface area contributed by atoms with Gasteiger partial charge in [-0.25, -0.2) is 4.79 Å². The average molecular weight is 407 g/mol. The molecule has 11 nitrogen and oxygen atoms in total. The van der Waals surface area contributed by atoms with Gasteiger partial charge in [-0.3, -0.25) is 19.2 Å². The molecular weight excluding hydrogens is 382 g/mol. The van der Waals surface area contributed by atoms with Gasteiger partial charge in [0.2, 0.25) is 23.6 Å². The highest BCUT2D eigenvalue weighted by Gasteiger charge is 2.28. The minimum atomic E-state index is -1.37. The van der Waals surface area contributed by atoms with E-state index in [-0.39, 0.29) is 19.3 Å². The van der Waals surface area contributed by atoms with Crippen LogP contribution in [0.2, 0.25) is 0 Å². The summed E-state index contributed by atoms with van der Waals surface area (Å²) in [5, 5.41) is 13.9. The molecule has 0 aliphatic rings. The lowest BCUT2D eigenvalue weighted by atomic mass is 10.0. The molecule has 29 heavy (non-hydrogen) atoms. The zero-order valence-corrected chi connectivity index (χ0v) is 15.7. The normalized spacial score (nSPS) is 13.6. The lowest BCUT2D eigenvalue weighted by Gasteiger charge is -2.22. The summed E-state index contributed by atoms with van der Waals surface area (Å²) in [6.07, 6.45) is -0.814. The monoisotopic (exact) mass is 407 g/mol. The van der Waals surface area contributed by atoms with Crippen LogP contribution in [-0.2, 0) is 30.4 Å². The molecule has 0 fully saturated rings. The van der Waals surface area contributed by atoms with Gasteiger partial charge >= 0.3 is 5.97 Å². The highest BCUT2D eigenvalue weighted by molar-refractivity contribution is 5.93.